The first-order valence-corrected chi connectivity index (χ1v) is 10.3. The van der Waals surface area contributed by atoms with Crippen molar-refractivity contribution in [1.29, 1.82) is 0 Å². The topological polar surface area (TPSA) is 15.7 Å². The van der Waals surface area contributed by atoms with Crippen LogP contribution in [-0.4, -0.2) is 57.7 Å². The molecule has 3 rings (SSSR count). The first kappa shape index (κ1) is 21.4. The Morgan fingerprint density at radius 2 is 1.72 bits per heavy atom. The molecular weight excluding hydrogens is 356 g/mol. The quantitative estimate of drug-likeness (QED) is 0.626. The minimum atomic E-state index is 0.674. The van der Waals surface area contributed by atoms with E-state index in [-0.39, 0.29) is 0 Å². The van der Waals surface area contributed by atoms with Crippen LogP contribution in [0.2, 0.25) is 0 Å². The van der Waals surface area contributed by atoms with Gasteiger partial charge in [0.25, 0.3) is 0 Å². The van der Waals surface area contributed by atoms with E-state index < -0.39 is 0 Å². The summed E-state index contributed by atoms with van der Waals surface area (Å²) in [7, 11) is 8.38. The van der Waals surface area contributed by atoms with Gasteiger partial charge in [-0.1, -0.05) is 48.0 Å². The third-order valence-electron chi connectivity index (χ3n) is 5.03. The van der Waals surface area contributed by atoms with Crippen molar-refractivity contribution in [2.75, 3.05) is 47.9 Å². The highest BCUT2D eigenvalue weighted by Crippen LogP contribution is 2.36. The van der Waals surface area contributed by atoms with Gasteiger partial charge in [0, 0.05) is 18.7 Å². The van der Waals surface area contributed by atoms with Gasteiger partial charge in [-0.05, 0) is 82.4 Å². The molecule has 0 fully saturated rings. The smallest absolute Gasteiger partial charge is 0.127 e. The molecule has 0 saturated carbocycles. The van der Waals surface area contributed by atoms with Crippen LogP contribution < -0.4 is 4.74 Å². The Morgan fingerprint density at radius 1 is 0.931 bits per heavy atom. The van der Waals surface area contributed by atoms with Gasteiger partial charge in [-0.15, -0.1) is 0 Å². The number of benzene rings is 2. The number of allylic oxidation sites excluding steroid dienone is 3. The summed E-state index contributed by atoms with van der Waals surface area (Å²) in [4.78, 5) is 4.37. The van der Waals surface area contributed by atoms with Gasteiger partial charge in [0.05, 0.1) is 0 Å². The standard InChI is InChI=1S/C26H33N2O/c1-20-9-8-11-21(17-20)22-13-14-26(29-16-15-27(2)3)25(18-22)24-12-7-6-10-23(24)19-28(4)5/h7-14,17-18H,6,15-16,19H2,1-5H3. The Bertz CT molecular complexity index is 893. The van der Waals surface area contributed by atoms with E-state index in [9.17, 15) is 0 Å². The van der Waals surface area contributed by atoms with Crippen molar-refractivity contribution in [3.63, 3.8) is 0 Å². The first-order chi connectivity index (χ1) is 13.9. The molecule has 0 heterocycles. The lowest BCUT2D eigenvalue weighted by Gasteiger charge is -2.22. The molecule has 2 aromatic carbocycles. The molecule has 3 nitrogen and oxygen atoms in total. The van der Waals surface area contributed by atoms with Gasteiger partial charge in [0.1, 0.15) is 12.4 Å². The average Bonchev–Trinajstić information content (AvgIpc) is 2.68. The Morgan fingerprint density at radius 3 is 2.45 bits per heavy atom. The van der Waals surface area contributed by atoms with Gasteiger partial charge in [-0.25, -0.2) is 0 Å². The SMILES string of the molecule is Cc1cccc(-c2ccc(OCCN(C)C)c(C3=C(CN(C)C)[CH]CC=C3)c2)c1. The summed E-state index contributed by atoms with van der Waals surface area (Å²) in [6.07, 6.45) is 7.81. The number of rotatable bonds is 8. The molecule has 0 bridgehead atoms. The second kappa shape index (κ2) is 9.91. The van der Waals surface area contributed by atoms with Gasteiger partial charge >= 0.3 is 0 Å². The first-order valence-electron chi connectivity index (χ1n) is 10.3. The van der Waals surface area contributed by atoms with E-state index in [1.807, 2.05) is 0 Å². The number of aryl methyl sites for hydroxylation is 1. The van der Waals surface area contributed by atoms with Crippen LogP contribution in [0.25, 0.3) is 16.7 Å². The Balaban J connectivity index is 2.05. The molecule has 29 heavy (non-hydrogen) atoms. The second-order valence-corrected chi connectivity index (χ2v) is 8.25. The number of hydrogen-bond donors (Lipinski definition) is 0. The van der Waals surface area contributed by atoms with Crippen LogP contribution in [0.3, 0.4) is 0 Å². The highest BCUT2D eigenvalue weighted by molar-refractivity contribution is 5.85. The van der Waals surface area contributed by atoms with Crippen molar-refractivity contribution >= 4 is 5.57 Å². The van der Waals surface area contributed by atoms with E-state index in [0.717, 1.165) is 25.3 Å². The molecule has 1 aliphatic rings. The maximum atomic E-state index is 6.23. The lowest BCUT2D eigenvalue weighted by atomic mass is 9.89. The monoisotopic (exact) mass is 389 g/mol. The fourth-order valence-electron chi connectivity index (χ4n) is 3.58. The third kappa shape index (κ3) is 5.81. The van der Waals surface area contributed by atoms with Gasteiger partial charge in [-0.2, -0.15) is 0 Å². The second-order valence-electron chi connectivity index (χ2n) is 8.25. The third-order valence-corrected chi connectivity index (χ3v) is 5.03. The van der Waals surface area contributed by atoms with E-state index in [1.165, 1.54) is 33.4 Å². The summed E-state index contributed by atoms with van der Waals surface area (Å²) < 4.78 is 6.23. The van der Waals surface area contributed by atoms with E-state index >= 15 is 0 Å². The Kier molecular flexibility index (Phi) is 7.29. The average molecular weight is 390 g/mol. The summed E-state index contributed by atoms with van der Waals surface area (Å²) >= 11 is 0. The maximum absolute atomic E-state index is 6.23. The molecule has 2 aromatic rings. The zero-order valence-corrected chi connectivity index (χ0v) is 18.4. The molecule has 0 spiro atoms. The minimum absolute atomic E-state index is 0.674. The van der Waals surface area contributed by atoms with Crippen LogP contribution in [0.15, 0.2) is 60.2 Å². The van der Waals surface area contributed by atoms with Gasteiger partial charge in [-0.3, -0.25) is 0 Å². The van der Waals surface area contributed by atoms with Crippen LogP contribution in [-0.2, 0) is 0 Å². The molecule has 1 aliphatic carbocycles. The van der Waals surface area contributed by atoms with Crippen LogP contribution in [0, 0.1) is 13.3 Å². The van der Waals surface area contributed by atoms with E-state index in [0.29, 0.717) is 6.61 Å². The molecular formula is C26H33N2O. The molecule has 0 atom stereocenters. The number of likely N-dealkylation sites (N-methyl/N-ethyl adjacent to an activating group) is 2. The molecule has 153 valence electrons. The number of ether oxygens (including phenoxy) is 1. The molecule has 0 aliphatic heterocycles. The van der Waals surface area contributed by atoms with Crippen molar-refractivity contribution in [2.24, 2.45) is 0 Å². The summed E-state index contributed by atoms with van der Waals surface area (Å²) in [6.45, 7) is 4.63. The van der Waals surface area contributed by atoms with Crippen molar-refractivity contribution in [3.05, 3.63) is 77.7 Å². The highest BCUT2D eigenvalue weighted by Gasteiger charge is 2.17. The molecule has 3 heteroatoms. The van der Waals surface area contributed by atoms with Gasteiger partial charge < -0.3 is 14.5 Å². The van der Waals surface area contributed by atoms with Crippen LogP contribution in [0.1, 0.15) is 17.5 Å². The van der Waals surface area contributed by atoms with Crippen molar-refractivity contribution in [1.82, 2.24) is 9.80 Å². The molecule has 0 amide bonds. The van der Waals surface area contributed by atoms with Crippen LogP contribution in [0.5, 0.6) is 5.75 Å². The molecule has 0 saturated heterocycles. The summed E-state index contributed by atoms with van der Waals surface area (Å²) in [5, 5.41) is 0. The lowest BCUT2D eigenvalue weighted by Crippen LogP contribution is -2.20. The van der Waals surface area contributed by atoms with Crippen molar-refractivity contribution < 1.29 is 4.74 Å². The number of hydrogen-bond acceptors (Lipinski definition) is 3. The normalized spacial score (nSPS) is 14.2. The predicted molar refractivity (Wildman–Crippen MR) is 124 cm³/mol. The van der Waals surface area contributed by atoms with Gasteiger partial charge in [0.2, 0.25) is 0 Å². The summed E-state index contributed by atoms with van der Waals surface area (Å²) in [5.74, 6) is 0.953. The number of nitrogens with zero attached hydrogens (tertiary/aromatic N) is 2. The van der Waals surface area contributed by atoms with Crippen molar-refractivity contribution in [3.8, 4) is 16.9 Å². The largest absolute Gasteiger partial charge is 0.492 e. The summed E-state index contributed by atoms with van der Waals surface area (Å²) in [6, 6.07) is 15.3. The fourth-order valence-corrected chi connectivity index (χ4v) is 3.58. The lowest BCUT2D eigenvalue weighted by molar-refractivity contribution is 0.261. The van der Waals surface area contributed by atoms with Crippen molar-refractivity contribution in [2.45, 2.75) is 13.3 Å². The molecule has 0 aromatic heterocycles. The molecule has 0 unspecified atom stereocenters. The Hall–Kier alpha value is -2.36. The zero-order valence-electron chi connectivity index (χ0n) is 18.4. The fraction of sp³-hybridized carbons (Fsp3) is 0.346. The highest BCUT2D eigenvalue weighted by atomic mass is 16.5. The van der Waals surface area contributed by atoms with Crippen LogP contribution >= 0.6 is 0 Å². The van der Waals surface area contributed by atoms with Crippen LogP contribution in [0.4, 0.5) is 0 Å². The maximum Gasteiger partial charge on any atom is 0.127 e. The summed E-state index contributed by atoms with van der Waals surface area (Å²) in [5.41, 5.74) is 7.53. The Labute approximate surface area is 176 Å². The van der Waals surface area contributed by atoms with E-state index in [2.05, 4.69) is 106 Å². The molecule has 1 radical (unpaired) electrons. The predicted octanol–water partition coefficient (Wildman–Crippen LogP) is 5.08. The van der Waals surface area contributed by atoms with Gasteiger partial charge in [0.15, 0.2) is 0 Å². The zero-order chi connectivity index (χ0) is 20.8. The van der Waals surface area contributed by atoms with E-state index in [4.69, 9.17) is 4.74 Å². The molecule has 0 N–H and O–H groups in total. The van der Waals surface area contributed by atoms with E-state index in [1.54, 1.807) is 0 Å². The minimum Gasteiger partial charge on any atom is -0.492 e.